The van der Waals surface area contributed by atoms with Gasteiger partial charge in [0, 0.05) is 18.7 Å². The molecule has 0 fully saturated rings. The molecule has 9 heteroatoms. The van der Waals surface area contributed by atoms with Crippen molar-refractivity contribution in [1.82, 2.24) is 20.6 Å². The third-order valence-electron chi connectivity index (χ3n) is 4.51. The molecule has 0 spiro atoms. The topological polar surface area (TPSA) is 84.0 Å². The summed E-state index contributed by atoms with van der Waals surface area (Å²) in [5.74, 6) is -1.24. The molecule has 0 aliphatic carbocycles. The fourth-order valence-electron chi connectivity index (χ4n) is 2.85. The van der Waals surface area contributed by atoms with Gasteiger partial charge in [0.2, 0.25) is 0 Å². The SMILES string of the molecule is Cc1nc2ccc(C(=O)NCCNC(=O)c3ccccc3C(F)(F)F)cc2nc1C. The van der Waals surface area contributed by atoms with Gasteiger partial charge in [-0.25, -0.2) is 9.97 Å². The van der Waals surface area contributed by atoms with Crippen molar-refractivity contribution in [2.24, 2.45) is 0 Å². The highest BCUT2D eigenvalue weighted by Gasteiger charge is 2.34. The number of fused-ring (bicyclic) bond motifs is 1. The molecule has 1 heterocycles. The van der Waals surface area contributed by atoms with Crippen LogP contribution in [0, 0.1) is 13.8 Å². The highest BCUT2D eigenvalue weighted by atomic mass is 19.4. The van der Waals surface area contributed by atoms with Crippen molar-refractivity contribution in [3.05, 3.63) is 70.5 Å². The number of halogens is 3. The van der Waals surface area contributed by atoms with Gasteiger partial charge in [0.15, 0.2) is 0 Å². The molecule has 0 atom stereocenters. The van der Waals surface area contributed by atoms with E-state index in [1.807, 2.05) is 13.8 Å². The Labute approximate surface area is 170 Å². The number of aromatic nitrogens is 2. The summed E-state index contributed by atoms with van der Waals surface area (Å²) in [5, 5.41) is 5.00. The molecule has 2 amide bonds. The quantitative estimate of drug-likeness (QED) is 0.625. The van der Waals surface area contributed by atoms with Gasteiger partial charge in [-0.1, -0.05) is 12.1 Å². The van der Waals surface area contributed by atoms with Crippen LogP contribution in [0.1, 0.15) is 37.7 Å². The van der Waals surface area contributed by atoms with Crippen LogP contribution in [0.25, 0.3) is 11.0 Å². The predicted octanol–water partition coefficient (Wildman–Crippen LogP) is 3.43. The number of aryl methyl sites for hydroxylation is 2. The first-order chi connectivity index (χ1) is 14.2. The van der Waals surface area contributed by atoms with E-state index in [1.165, 1.54) is 12.1 Å². The van der Waals surface area contributed by atoms with Crippen LogP contribution in [-0.4, -0.2) is 34.9 Å². The van der Waals surface area contributed by atoms with Crippen molar-refractivity contribution in [1.29, 1.82) is 0 Å². The molecular formula is C21H19F3N4O2. The summed E-state index contributed by atoms with van der Waals surface area (Å²) in [6.07, 6.45) is -4.63. The molecule has 0 saturated carbocycles. The van der Waals surface area contributed by atoms with E-state index in [4.69, 9.17) is 0 Å². The molecule has 0 unspecified atom stereocenters. The second kappa shape index (κ2) is 8.48. The molecule has 2 N–H and O–H groups in total. The second-order valence-electron chi connectivity index (χ2n) is 6.65. The number of amides is 2. The summed E-state index contributed by atoms with van der Waals surface area (Å²) >= 11 is 0. The van der Waals surface area contributed by atoms with Crippen molar-refractivity contribution in [3.8, 4) is 0 Å². The number of benzene rings is 2. The van der Waals surface area contributed by atoms with Crippen molar-refractivity contribution in [3.63, 3.8) is 0 Å². The van der Waals surface area contributed by atoms with Gasteiger partial charge in [-0.3, -0.25) is 9.59 Å². The monoisotopic (exact) mass is 416 g/mol. The molecule has 0 bridgehead atoms. The van der Waals surface area contributed by atoms with Gasteiger partial charge in [-0.2, -0.15) is 13.2 Å². The molecule has 0 radical (unpaired) electrons. The lowest BCUT2D eigenvalue weighted by atomic mass is 10.1. The highest BCUT2D eigenvalue weighted by Crippen LogP contribution is 2.31. The third kappa shape index (κ3) is 4.73. The Hall–Kier alpha value is -3.49. The zero-order valence-electron chi connectivity index (χ0n) is 16.3. The lowest BCUT2D eigenvalue weighted by Crippen LogP contribution is -2.35. The van der Waals surface area contributed by atoms with Crippen molar-refractivity contribution in [2.75, 3.05) is 13.1 Å². The molecule has 0 aliphatic rings. The van der Waals surface area contributed by atoms with E-state index in [0.29, 0.717) is 16.6 Å². The Bertz CT molecular complexity index is 1110. The lowest BCUT2D eigenvalue weighted by molar-refractivity contribution is -0.137. The van der Waals surface area contributed by atoms with Crippen LogP contribution in [0.15, 0.2) is 42.5 Å². The van der Waals surface area contributed by atoms with E-state index in [-0.39, 0.29) is 19.0 Å². The minimum absolute atomic E-state index is 0.0253. The van der Waals surface area contributed by atoms with Crippen LogP contribution in [0.4, 0.5) is 13.2 Å². The fraction of sp³-hybridized carbons (Fsp3) is 0.238. The maximum absolute atomic E-state index is 13.0. The normalized spacial score (nSPS) is 11.4. The van der Waals surface area contributed by atoms with Crippen LogP contribution in [0.3, 0.4) is 0 Å². The molecule has 6 nitrogen and oxygen atoms in total. The van der Waals surface area contributed by atoms with E-state index in [0.717, 1.165) is 23.5 Å². The van der Waals surface area contributed by atoms with Crippen LogP contribution < -0.4 is 10.6 Å². The van der Waals surface area contributed by atoms with Crippen molar-refractivity contribution < 1.29 is 22.8 Å². The largest absolute Gasteiger partial charge is 0.417 e. The number of rotatable bonds is 5. The molecule has 0 saturated heterocycles. The van der Waals surface area contributed by atoms with Gasteiger partial charge in [-0.05, 0) is 44.2 Å². The average Bonchev–Trinajstić information content (AvgIpc) is 2.70. The number of carbonyl (C=O) groups excluding carboxylic acids is 2. The number of nitrogens with one attached hydrogen (secondary N) is 2. The standard InChI is InChI=1S/C21H19F3N4O2/c1-12-13(2)28-18-11-14(7-8-17(18)27-12)19(29)25-9-10-26-20(30)15-5-3-4-6-16(15)21(22,23)24/h3-8,11H,9-10H2,1-2H3,(H,25,29)(H,26,30). The molecule has 2 aromatic carbocycles. The Balaban J connectivity index is 1.58. The van der Waals surface area contributed by atoms with Gasteiger partial charge in [-0.15, -0.1) is 0 Å². The molecule has 156 valence electrons. The minimum Gasteiger partial charge on any atom is -0.350 e. The number of nitrogens with zero attached hydrogens (tertiary/aromatic N) is 2. The fourth-order valence-corrected chi connectivity index (χ4v) is 2.85. The molecule has 0 aliphatic heterocycles. The van der Waals surface area contributed by atoms with Gasteiger partial charge < -0.3 is 10.6 Å². The summed E-state index contributed by atoms with van der Waals surface area (Å²) in [4.78, 5) is 33.2. The summed E-state index contributed by atoms with van der Waals surface area (Å²) in [7, 11) is 0. The zero-order valence-corrected chi connectivity index (χ0v) is 16.3. The molecule has 3 aromatic rings. The van der Waals surface area contributed by atoms with E-state index in [9.17, 15) is 22.8 Å². The Morgan fingerprint density at radius 2 is 1.47 bits per heavy atom. The lowest BCUT2D eigenvalue weighted by Gasteiger charge is -2.13. The summed E-state index contributed by atoms with van der Waals surface area (Å²) in [6, 6.07) is 9.45. The van der Waals surface area contributed by atoms with Gasteiger partial charge in [0.05, 0.1) is 33.5 Å². The van der Waals surface area contributed by atoms with E-state index in [1.54, 1.807) is 18.2 Å². The second-order valence-corrected chi connectivity index (χ2v) is 6.65. The first kappa shape index (κ1) is 21.2. The molecule has 3 rings (SSSR count). The molecular weight excluding hydrogens is 397 g/mol. The number of hydrogen-bond donors (Lipinski definition) is 2. The number of hydrogen-bond acceptors (Lipinski definition) is 4. The van der Waals surface area contributed by atoms with Gasteiger partial charge in [0.1, 0.15) is 0 Å². The maximum atomic E-state index is 13.0. The third-order valence-corrected chi connectivity index (χ3v) is 4.51. The Morgan fingerprint density at radius 3 is 2.13 bits per heavy atom. The molecule has 30 heavy (non-hydrogen) atoms. The van der Waals surface area contributed by atoms with Crippen LogP contribution in [0.2, 0.25) is 0 Å². The zero-order chi connectivity index (χ0) is 21.9. The van der Waals surface area contributed by atoms with E-state index in [2.05, 4.69) is 20.6 Å². The average molecular weight is 416 g/mol. The number of alkyl halides is 3. The highest BCUT2D eigenvalue weighted by molar-refractivity contribution is 5.97. The Morgan fingerprint density at radius 1 is 0.867 bits per heavy atom. The first-order valence-electron chi connectivity index (χ1n) is 9.14. The van der Waals surface area contributed by atoms with Crippen LogP contribution in [-0.2, 0) is 6.18 Å². The smallest absolute Gasteiger partial charge is 0.350 e. The van der Waals surface area contributed by atoms with Gasteiger partial charge in [0.25, 0.3) is 11.8 Å². The molecule has 1 aromatic heterocycles. The predicted molar refractivity (Wildman–Crippen MR) is 105 cm³/mol. The number of carbonyl (C=O) groups is 2. The van der Waals surface area contributed by atoms with Crippen molar-refractivity contribution in [2.45, 2.75) is 20.0 Å². The summed E-state index contributed by atoms with van der Waals surface area (Å²) in [6.45, 7) is 3.70. The van der Waals surface area contributed by atoms with E-state index >= 15 is 0 Å². The van der Waals surface area contributed by atoms with Crippen LogP contribution in [0.5, 0.6) is 0 Å². The minimum atomic E-state index is -4.63. The van der Waals surface area contributed by atoms with E-state index < -0.39 is 23.2 Å². The van der Waals surface area contributed by atoms with Crippen molar-refractivity contribution >= 4 is 22.8 Å². The maximum Gasteiger partial charge on any atom is 0.417 e. The first-order valence-corrected chi connectivity index (χ1v) is 9.14. The van der Waals surface area contributed by atoms with Gasteiger partial charge >= 0.3 is 6.18 Å². The Kier molecular flexibility index (Phi) is 6.00. The summed E-state index contributed by atoms with van der Waals surface area (Å²) < 4.78 is 39.0. The summed E-state index contributed by atoms with van der Waals surface area (Å²) in [5.41, 5.74) is 1.73. The van der Waals surface area contributed by atoms with Crippen LogP contribution >= 0.6 is 0 Å².